The zero-order chi connectivity index (χ0) is 12.1. The second kappa shape index (κ2) is 5.88. The summed E-state index contributed by atoms with van der Waals surface area (Å²) in [6, 6.07) is 5.01. The van der Waals surface area contributed by atoms with Crippen LogP contribution in [0.15, 0.2) is 12.1 Å². The Kier molecular flexibility index (Phi) is 4.78. The van der Waals surface area contributed by atoms with Crippen molar-refractivity contribution in [2.75, 3.05) is 6.61 Å². The lowest BCUT2D eigenvalue weighted by Gasteiger charge is -2.07. The van der Waals surface area contributed by atoms with Gasteiger partial charge in [-0.3, -0.25) is 0 Å². The van der Waals surface area contributed by atoms with Gasteiger partial charge in [-0.25, -0.2) is 4.79 Å². The maximum Gasteiger partial charge on any atom is 0.339 e. The number of carbonyl (C=O) groups excluding carboxylic acids is 1. The molecule has 5 heteroatoms. The van der Waals surface area contributed by atoms with Crippen molar-refractivity contribution in [1.82, 2.24) is 0 Å². The van der Waals surface area contributed by atoms with Crippen molar-refractivity contribution in [3.8, 4) is 6.07 Å². The summed E-state index contributed by atoms with van der Waals surface area (Å²) in [4.78, 5) is 11.5. The minimum absolute atomic E-state index is 0.207. The average Bonchev–Trinajstić information content (AvgIpc) is 2.29. The van der Waals surface area contributed by atoms with Gasteiger partial charge in [-0.2, -0.15) is 5.26 Å². The van der Waals surface area contributed by atoms with Crippen molar-refractivity contribution in [3.05, 3.63) is 33.8 Å². The molecule has 1 aromatic rings. The van der Waals surface area contributed by atoms with E-state index in [2.05, 4.69) is 15.9 Å². The number of nitrogens with zero attached hydrogens (tertiary/aromatic N) is 1. The van der Waals surface area contributed by atoms with Gasteiger partial charge in [0.15, 0.2) is 0 Å². The number of benzene rings is 1. The van der Waals surface area contributed by atoms with Crippen molar-refractivity contribution in [2.24, 2.45) is 0 Å². The predicted octanol–water partition coefficient (Wildman–Crippen LogP) is 3.28. The van der Waals surface area contributed by atoms with E-state index in [1.165, 1.54) is 6.07 Å². The van der Waals surface area contributed by atoms with Crippen LogP contribution in [-0.4, -0.2) is 12.6 Å². The first-order valence-electron chi connectivity index (χ1n) is 4.59. The van der Waals surface area contributed by atoms with Gasteiger partial charge >= 0.3 is 5.97 Å². The van der Waals surface area contributed by atoms with Crippen LogP contribution in [0.25, 0.3) is 0 Å². The van der Waals surface area contributed by atoms with Crippen molar-refractivity contribution in [2.45, 2.75) is 12.3 Å². The third-order valence-electron chi connectivity index (χ3n) is 1.95. The van der Waals surface area contributed by atoms with Crippen LogP contribution in [0, 0.1) is 11.3 Å². The molecule has 0 heterocycles. The van der Waals surface area contributed by atoms with E-state index in [9.17, 15) is 4.79 Å². The van der Waals surface area contributed by atoms with Gasteiger partial charge in [0.05, 0.1) is 17.7 Å². The molecule has 0 N–H and O–H groups in total. The molecule has 0 amide bonds. The minimum atomic E-state index is -0.526. The number of alkyl halides is 1. The highest BCUT2D eigenvalue weighted by Crippen LogP contribution is 2.24. The molecule has 0 aliphatic heterocycles. The first-order valence-corrected chi connectivity index (χ1v) is 6.09. The summed E-state index contributed by atoms with van der Waals surface area (Å²) < 4.78 is 4.84. The average molecular weight is 303 g/mol. The summed E-state index contributed by atoms with van der Waals surface area (Å²) >= 11 is 9.21. The molecular weight excluding hydrogens is 293 g/mol. The normalized spacial score (nSPS) is 9.62. The van der Waals surface area contributed by atoms with Crippen LogP contribution in [0.1, 0.15) is 28.4 Å². The maximum atomic E-state index is 11.5. The second-order valence-electron chi connectivity index (χ2n) is 2.96. The third-order valence-corrected chi connectivity index (χ3v) is 2.90. The number of ether oxygens (including phenoxy) is 1. The number of hydrogen-bond acceptors (Lipinski definition) is 3. The molecule has 16 heavy (non-hydrogen) atoms. The number of rotatable bonds is 3. The van der Waals surface area contributed by atoms with Crippen LogP contribution < -0.4 is 0 Å². The fourth-order valence-corrected chi connectivity index (χ4v) is 2.05. The van der Waals surface area contributed by atoms with Crippen LogP contribution in [0.5, 0.6) is 0 Å². The Hall–Kier alpha value is -1.05. The Bertz CT molecular complexity index is 454. The number of hydrogen-bond donors (Lipinski definition) is 0. The number of esters is 1. The highest BCUT2D eigenvalue weighted by Gasteiger charge is 2.15. The largest absolute Gasteiger partial charge is 0.462 e. The summed E-state index contributed by atoms with van der Waals surface area (Å²) in [7, 11) is 0. The SMILES string of the molecule is CCOC(=O)c1cc(Cl)c(CBr)cc1C#N. The quantitative estimate of drug-likeness (QED) is 0.636. The number of carbonyl (C=O) groups is 1. The van der Waals surface area contributed by atoms with Gasteiger partial charge in [0.25, 0.3) is 0 Å². The van der Waals surface area contributed by atoms with Gasteiger partial charge in [-0.05, 0) is 24.6 Å². The third kappa shape index (κ3) is 2.75. The van der Waals surface area contributed by atoms with E-state index < -0.39 is 5.97 Å². The molecule has 0 atom stereocenters. The van der Waals surface area contributed by atoms with Gasteiger partial charge in [-0.1, -0.05) is 27.5 Å². The molecule has 1 aromatic carbocycles. The zero-order valence-corrected chi connectivity index (χ0v) is 10.9. The van der Waals surface area contributed by atoms with E-state index in [1.807, 2.05) is 6.07 Å². The van der Waals surface area contributed by atoms with E-state index in [0.717, 1.165) is 5.56 Å². The molecular formula is C11H9BrClNO2. The van der Waals surface area contributed by atoms with E-state index >= 15 is 0 Å². The second-order valence-corrected chi connectivity index (χ2v) is 3.92. The van der Waals surface area contributed by atoms with E-state index in [0.29, 0.717) is 10.4 Å². The molecule has 0 saturated heterocycles. The molecule has 1 rings (SSSR count). The standard InChI is InChI=1S/C11H9BrClNO2/c1-2-16-11(15)9-4-10(13)7(5-12)3-8(9)6-14/h3-4H,2,5H2,1H3. The molecule has 84 valence electrons. The van der Waals surface area contributed by atoms with E-state index in [4.69, 9.17) is 21.6 Å². The smallest absolute Gasteiger partial charge is 0.339 e. The molecule has 0 aromatic heterocycles. The van der Waals surface area contributed by atoms with Gasteiger partial charge in [0, 0.05) is 10.4 Å². The van der Waals surface area contributed by atoms with Crippen LogP contribution in [0.4, 0.5) is 0 Å². The van der Waals surface area contributed by atoms with Gasteiger partial charge in [0.1, 0.15) is 6.07 Å². The Balaban J connectivity index is 3.24. The van der Waals surface area contributed by atoms with Crippen molar-refractivity contribution < 1.29 is 9.53 Å². The lowest BCUT2D eigenvalue weighted by Crippen LogP contribution is -2.07. The summed E-state index contributed by atoms with van der Waals surface area (Å²) in [5, 5.41) is 9.91. The lowest BCUT2D eigenvalue weighted by atomic mass is 10.1. The van der Waals surface area contributed by atoms with E-state index in [-0.39, 0.29) is 17.7 Å². The summed E-state index contributed by atoms with van der Waals surface area (Å²) in [5.41, 5.74) is 1.25. The monoisotopic (exact) mass is 301 g/mol. The molecule has 0 bridgehead atoms. The Morgan fingerprint density at radius 3 is 2.81 bits per heavy atom. The zero-order valence-electron chi connectivity index (χ0n) is 8.59. The molecule has 0 aliphatic rings. The van der Waals surface area contributed by atoms with Crippen LogP contribution in [0.2, 0.25) is 5.02 Å². The number of nitriles is 1. The Morgan fingerprint density at radius 1 is 1.62 bits per heavy atom. The lowest BCUT2D eigenvalue weighted by molar-refractivity contribution is 0.0526. The Morgan fingerprint density at radius 2 is 2.31 bits per heavy atom. The van der Waals surface area contributed by atoms with Crippen molar-refractivity contribution >= 4 is 33.5 Å². The van der Waals surface area contributed by atoms with Gasteiger partial charge in [-0.15, -0.1) is 0 Å². The highest BCUT2D eigenvalue weighted by molar-refractivity contribution is 9.08. The fraction of sp³-hybridized carbons (Fsp3) is 0.273. The van der Waals surface area contributed by atoms with Gasteiger partial charge in [0.2, 0.25) is 0 Å². The topological polar surface area (TPSA) is 50.1 Å². The molecule has 3 nitrogen and oxygen atoms in total. The molecule has 0 unspecified atom stereocenters. The van der Waals surface area contributed by atoms with E-state index in [1.54, 1.807) is 13.0 Å². The molecule has 0 fully saturated rings. The molecule has 0 spiro atoms. The van der Waals surface area contributed by atoms with Crippen molar-refractivity contribution in [1.29, 1.82) is 5.26 Å². The van der Waals surface area contributed by atoms with Crippen LogP contribution in [0.3, 0.4) is 0 Å². The highest BCUT2D eigenvalue weighted by atomic mass is 79.9. The Labute approximate surface area is 107 Å². The van der Waals surface area contributed by atoms with Crippen LogP contribution in [-0.2, 0) is 10.1 Å². The first kappa shape index (κ1) is 13.0. The molecule has 0 saturated carbocycles. The minimum Gasteiger partial charge on any atom is -0.462 e. The first-order chi connectivity index (χ1) is 7.63. The fourth-order valence-electron chi connectivity index (χ4n) is 1.19. The molecule has 0 radical (unpaired) electrons. The predicted molar refractivity (Wildman–Crippen MR) is 64.8 cm³/mol. The maximum absolute atomic E-state index is 11.5. The van der Waals surface area contributed by atoms with Gasteiger partial charge < -0.3 is 4.74 Å². The molecule has 0 aliphatic carbocycles. The summed E-state index contributed by atoms with van der Waals surface area (Å²) in [6.45, 7) is 1.97. The number of halogens is 2. The van der Waals surface area contributed by atoms with Crippen molar-refractivity contribution in [3.63, 3.8) is 0 Å². The summed E-state index contributed by atoms with van der Waals surface area (Å²) in [6.07, 6.45) is 0. The summed E-state index contributed by atoms with van der Waals surface area (Å²) in [5.74, 6) is -0.526. The van der Waals surface area contributed by atoms with Crippen LogP contribution >= 0.6 is 27.5 Å².